The zero-order valence-electron chi connectivity index (χ0n) is 27.7. The van der Waals surface area contributed by atoms with Crippen LogP contribution in [0.1, 0.15) is 61.1 Å². The number of hydrogen-bond donors (Lipinski definition) is 3. The molecule has 3 atom stereocenters. The second-order valence-electron chi connectivity index (χ2n) is 12.6. The molecule has 12 heteroatoms. The minimum atomic E-state index is -1.12. The first-order valence-corrected chi connectivity index (χ1v) is 16.8. The number of nitrogens with two attached hydrogens (primary N) is 1. The van der Waals surface area contributed by atoms with Gasteiger partial charge in [0.05, 0.1) is 35.9 Å². The Bertz CT molecular complexity index is 1960. The van der Waals surface area contributed by atoms with Gasteiger partial charge in [0.15, 0.2) is 0 Å². The van der Waals surface area contributed by atoms with E-state index < -0.39 is 12.2 Å². The molecule has 4 heterocycles. The molecule has 0 radical (unpaired) electrons. The van der Waals surface area contributed by atoms with Crippen LogP contribution >= 0.6 is 0 Å². The molecule has 5 aromatic rings. The van der Waals surface area contributed by atoms with Crippen LogP contribution in [0.3, 0.4) is 0 Å². The zero-order chi connectivity index (χ0) is 34.6. The Morgan fingerprint density at radius 2 is 1.26 bits per heavy atom. The lowest BCUT2D eigenvalue weighted by atomic mass is 10.0. The highest BCUT2D eigenvalue weighted by Gasteiger charge is 2.38. The molecule has 7 rings (SSSR count). The third kappa shape index (κ3) is 6.74. The van der Waals surface area contributed by atoms with E-state index in [1.54, 1.807) is 35.4 Å². The van der Waals surface area contributed by atoms with Gasteiger partial charge in [-0.1, -0.05) is 78.9 Å². The lowest BCUT2D eigenvalue weighted by Gasteiger charge is -2.27. The Hall–Kier alpha value is -5.75. The zero-order valence-corrected chi connectivity index (χ0v) is 27.7. The molecule has 12 nitrogen and oxygen atoms in total. The van der Waals surface area contributed by atoms with E-state index >= 15 is 0 Å². The number of primary amides is 1. The number of carbonyl (C=O) groups excluding carboxylic acids is 3. The van der Waals surface area contributed by atoms with E-state index in [0.29, 0.717) is 24.5 Å². The van der Waals surface area contributed by atoms with Crippen molar-refractivity contribution in [1.82, 2.24) is 29.7 Å². The summed E-state index contributed by atoms with van der Waals surface area (Å²) in [4.78, 5) is 57.5. The normalized spacial score (nSPS) is 17.9. The van der Waals surface area contributed by atoms with Gasteiger partial charge >= 0.3 is 6.09 Å². The number of nitrogens with zero attached hydrogens (tertiary/aromatic N) is 4. The molecular weight excluding hydrogens is 634 g/mol. The van der Waals surface area contributed by atoms with Crippen LogP contribution in [-0.4, -0.2) is 74.4 Å². The minimum absolute atomic E-state index is 0.0188. The van der Waals surface area contributed by atoms with Gasteiger partial charge in [-0.2, -0.15) is 0 Å². The van der Waals surface area contributed by atoms with Crippen LogP contribution in [0.2, 0.25) is 0 Å². The summed E-state index contributed by atoms with van der Waals surface area (Å²) in [6.45, 7) is 1.31. The molecule has 2 aliphatic rings. The largest absolute Gasteiger partial charge is 0.431 e. The van der Waals surface area contributed by atoms with E-state index in [1.165, 1.54) is 7.11 Å². The van der Waals surface area contributed by atoms with Gasteiger partial charge in [0, 0.05) is 25.8 Å². The fourth-order valence-corrected chi connectivity index (χ4v) is 7.02. The molecular formula is C38H39N7O5. The van der Waals surface area contributed by atoms with Gasteiger partial charge in [-0.25, -0.2) is 14.8 Å². The van der Waals surface area contributed by atoms with Crippen molar-refractivity contribution in [1.29, 1.82) is 0 Å². The number of benzene rings is 3. The van der Waals surface area contributed by atoms with Gasteiger partial charge in [0.25, 0.3) is 5.91 Å². The third-order valence-electron chi connectivity index (χ3n) is 9.48. The average Bonchev–Trinajstić information content (AvgIpc) is 3.97. The maximum absolute atomic E-state index is 13.7. The minimum Gasteiger partial charge on any atom is -0.431 e. The summed E-state index contributed by atoms with van der Waals surface area (Å²) in [5.41, 5.74) is 11.8. The maximum Gasteiger partial charge on any atom is 0.405 e. The molecule has 256 valence electrons. The van der Waals surface area contributed by atoms with E-state index in [0.717, 1.165) is 65.1 Å². The first-order chi connectivity index (χ1) is 24.4. The number of H-pyrrole nitrogens is 2. The van der Waals surface area contributed by atoms with Crippen molar-refractivity contribution >= 4 is 17.9 Å². The molecule has 2 aliphatic heterocycles. The highest BCUT2D eigenvalue weighted by molar-refractivity contribution is 5.85. The van der Waals surface area contributed by atoms with Gasteiger partial charge in [0.1, 0.15) is 18.3 Å². The first kappa shape index (κ1) is 32.8. The molecule has 0 unspecified atom stereocenters. The lowest BCUT2D eigenvalue weighted by molar-refractivity contribution is -0.141. The van der Waals surface area contributed by atoms with Crippen molar-refractivity contribution < 1.29 is 23.9 Å². The summed E-state index contributed by atoms with van der Waals surface area (Å²) in [6, 6.07) is 25.1. The molecule has 2 saturated heterocycles. The molecule has 4 N–H and O–H groups in total. The van der Waals surface area contributed by atoms with Gasteiger partial charge in [-0.3, -0.25) is 9.59 Å². The standard InChI is InChI=1S/C38H39N7O5/c1-49-23-33(46)44-19-5-9-31(44)35-40-21-29(42-35)26-15-11-24(12-16-26)25-13-17-27(18-14-25)30-22-41-36(43-30)32-10-6-20-45(32)37(47)34(50-38(39)48)28-7-3-2-4-8-28/h2-4,7-8,11-18,21-22,31-32,34H,5-6,9-10,19-20,23H2,1H3,(H2,39,48)(H,40,42)(H,41,43)/t31-,32-,34+/m0/s1. The molecule has 50 heavy (non-hydrogen) atoms. The quantitative estimate of drug-likeness (QED) is 0.165. The monoisotopic (exact) mass is 673 g/mol. The Morgan fingerprint density at radius 1 is 0.760 bits per heavy atom. The Morgan fingerprint density at radius 3 is 1.78 bits per heavy atom. The van der Waals surface area contributed by atoms with Crippen LogP contribution in [0, 0.1) is 0 Å². The van der Waals surface area contributed by atoms with Crippen LogP contribution in [-0.2, 0) is 19.1 Å². The third-order valence-corrected chi connectivity index (χ3v) is 9.48. The van der Waals surface area contributed by atoms with Crippen molar-refractivity contribution in [2.45, 2.75) is 43.9 Å². The molecule has 2 aromatic heterocycles. The number of methoxy groups -OCH3 is 1. The number of imidazole rings is 2. The number of hydrogen-bond acceptors (Lipinski definition) is 7. The second kappa shape index (κ2) is 14.4. The van der Waals surface area contributed by atoms with E-state index in [9.17, 15) is 14.4 Å². The second-order valence-corrected chi connectivity index (χ2v) is 12.6. The summed E-state index contributed by atoms with van der Waals surface area (Å²) in [7, 11) is 1.53. The summed E-state index contributed by atoms with van der Waals surface area (Å²) < 4.78 is 10.3. The Labute approximate surface area is 289 Å². The van der Waals surface area contributed by atoms with Crippen molar-refractivity contribution in [3.63, 3.8) is 0 Å². The number of nitrogens with one attached hydrogen (secondary N) is 2. The van der Waals surface area contributed by atoms with E-state index in [-0.39, 0.29) is 30.5 Å². The number of aromatic amines is 2. The van der Waals surface area contributed by atoms with Crippen LogP contribution in [0.4, 0.5) is 4.79 Å². The highest BCUT2D eigenvalue weighted by Crippen LogP contribution is 2.36. The SMILES string of the molecule is COCC(=O)N1CCC[C@H]1c1ncc(-c2ccc(-c3ccc(-c4cnc([C@@H]5CCCN5C(=O)[C@H](OC(N)=O)c5ccccc5)[nH]4)cc3)cc2)[nH]1. The summed E-state index contributed by atoms with van der Waals surface area (Å²) in [5.74, 6) is 1.13. The lowest BCUT2D eigenvalue weighted by Crippen LogP contribution is -2.37. The number of amides is 3. The summed E-state index contributed by atoms with van der Waals surface area (Å²) in [6.07, 6.45) is 4.84. The van der Waals surface area contributed by atoms with E-state index in [4.69, 9.17) is 15.2 Å². The Kier molecular flexibility index (Phi) is 9.43. The first-order valence-electron chi connectivity index (χ1n) is 16.8. The molecule has 0 aliphatic carbocycles. The van der Waals surface area contributed by atoms with Gasteiger partial charge in [-0.15, -0.1) is 0 Å². The predicted molar refractivity (Wildman–Crippen MR) is 186 cm³/mol. The number of carbonyl (C=O) groups is 3. The number of aromatic nitrogens is 4. The fourth-order valence-electron chi connectivity index (χ4n) is 7.02. The molecule has 3 amide bonds. The average molecular weight is 674 g/mol. The number of rotatable bonds is 10. The maximum atomic E-state index is 13.7. The van der Waals surface area contributed by atoms with Gasteiger partial charge < -0.3 is 35.0 Å². The Balaban J connectivity index is 1.02. The van der Waals surface area contributed by atoms with Crippen molar-refractivity contribution in [2.75, 3.05) is 26.8 Å². The van der Waals surface area contributed by atoms with Crippen LogP contribution in [0.5, 0.6) is 0 Å². The van der Waals surface area contributed by atoms with Crippen molar-refractivity contribution in [2.24, 2.45) is 5.73 Å². The van der Waals surface area contributed by atoms with Crippen LogP contribution < -0.4 is 5.73 Å². The molecule has 3 aromatic carbocycles. The summed E-state index contributed by atoms with van der Waals surface area (Å²) in [5, 5.41) is 0. The number of ether oxygens (including phenoxy) is 2. The van der Waals surface area contributed by atoms with Crippen molar-refractivity contribution in [3.05, 3.63) is 108 Å². The predicted octanol–water partition coefficient (Wildman–Crippen LogP) is 5.94. The molecule has 0 spiro atoms. The number of likely N-dealkylation sites (tertiary alicyclic amines) is 2. The molecule has 0 bridgehead atoms. The van der Waals surface area contributed by atoms with Gasteiger partial charge in [0.2, 0.25) is 12.0 Å². The topological polar surface area (TPSA) is 160 Å². The molecule has 2 fully saturated rings. The van der Waals surface area contributed by atoms with Crippen molar-refractivity contribution in [3.8, 4) is 33.6 Å². The molecule has 0 saturated carbocycles. The van der Waals surface area contributed by atoms with Crippen LogP contribution in [0.15, 0.2) is 91.3 Å². The van der Waals surface area contributed by atoms with Crippen LogP contribution in [0.25, 0.3) is 33.6 Å². The smallest absolute Gasteiger partial charge is 0.405 e. The highest BCUT2D eigenvalue weighted by atomic mass is 16.6. The van der Waals surface area contributed by atoms with E-state index in [2.05, 4.69) is 56.3 Å². The van der Waals surface area contributed by atoms with E-state index in [1.807, 2.05) is 29.3 Å². The summed E-state index contributed by atoms with van der Waals surface area (Å²) >= 11 is 0. The fraction of sp³-hybridized carbons (Fsp3) is 0.289. The van der Waals surface area contributed by atoms with Gasteiger partial charge in [-0.05, 0) is 47.9 Å².